The standard InChI is InChI=1S/C24H30ClN5O4.C2H4O2/c1-14(22(32)34-24(2,3)4)20-27-21(19(13-31)29(20)6)30(7)23(33)28(5)12-17-11-15-10-16(25)8-9-18(15)26-17;1-4-2-3/h8-11,13-14,26H,12H2,1-7H3;2H,1H3. The van der Waals surface area contributed by atoms with E-state index in [-0.39, 0.29) is 17.5 Å². The number of urea groups is 1. The van der Waals surface area contributed by atoms with Crippen LogP contribution in [0.4, 0.5) is 10.6 Å². The molecule has 0 saturated heterocycles. The minimum Gasteiger partial charge on any atom is -0.471 e. The molecule has 2 amide bonds. The van der Waals surface area contributed by atoms with E-state index < -0.39 is 17.5 Å². The molecule has 0 fully saturated rings. The zero-order valence-electron chi connectivity index (χ0n) is 22.9. The first-order chi connectivity index (χ1) is 17.7. The third-order valence-corrected chi connectivity index (χ3v) is 5.72. The van der Waals surface area contributed by atoms with Gasteiger partial charge in [-0.3, -0.25) is 19.3 Å². The summed E-state index contributed by atoms with van der Waals surface area (Å²) in [6.07, 6.45) is 0.624. The molecule has 0 radical (unpaired) electrons. The van der Waals surface area contributed by atoms with Crippen molar-refractivity contribution in [3.8, 4) is 0 Å². The zero-order chi connectivity index (χ0) is 28.8. The summed E-state index contributed by atoms with van der Waals surface area (Å²) >= 11 is 6.06. The number of esters is 1. The molecule has 0 aliphatic rings. The number of methoxy groups -OCH3 is 1. The number of nitrogens with one attached hydrogen (secondary N) is 1. The highest BCUT2D eigenvalue weighted by Crippen LogP contribution is 2.26. The number of nitrogens with zero attached hydrogens (tertiary/aromatic N) is 4. The summed E-state index contributed by atoms with van der Waals surface area (Å²) in [5.41, 5.74) is 1.28. The summed E-state index contributed by atoms with van der Waals surface area (Å²) in [5.74, 6) is -0.685. The largest absolute Gasteiger partial charge is 0.471 e. The highest BCUT2D eigenvalue weighted by molar-refractivity contribution is 6.31. The molecular weight excluding hydrogens is 514 g/mol. The van der Waals surface area contributed by atoms with E-state index in [0.29, 0.717) is 30.2 Å². The number of hydrogen-bond acceptors (Lipinski definition) is 7. The van der Waals surface area contributed by atoms with E-state index in [1.807, 2.05) is 18.2 Å². The Morgan fingerprint density at radius 3 is 2.39 bits per heavy atom. The monoisotopic (exact) mass is 547 g/mol. The topological polar surface area (TPSA) is 127 Å². The first-order valence-corrected chi connectivity index (χ1v) is 12.1. The Hall–Kier alpha value is -3.86. The van der Waals surface area contributed by atoms with Crippen LogP contribution in [0.3, 0.4) is 0 Å². The number of aldehydes is 1. The van der Waals surface area contributed by atoms with E-state index in [2.05, 4.69) is 14.7 Å². The number of aromatic amines is 1. The molecule has 0 bridgehead atoms. The van der Waals surface area contributed by atoms with Gasteiger partial charge >= 0.3 is 12.0 Å². The van der Waals surface area contributed by atoms with Crippen molar-refractivity contribution in [2.24, 2.45) is 7.05 Å². The quantitative estimate of drug-likeness (QED) is 0.345. The van der Waals surface area contributed by atoms with Gasteiger partial charge in [-0.1, -0.05) is 11.6 Å². The van der Waals surface area contributed by atoms with Crippen molar-refractivity contribution >= 4 is 53.1 Å². The Kier molecular flexibility index (Phi) is 10.1. The second-order valence-corrected chi connectivity index (χ2v) is 10.1. The van der Waals surface area contributed by atoms with Crippen molar-refractivity contribution in [2.75, 3.05) is 26.1 Å². The molecular formula is C26H34ClN5O6. The van der Waals surface area contributed by atoms with Gasteiger partial charge in [0.2, 0.25) is 0 Å². The van der Waals surface area contributed by atoms with E-state index in [4.69, 9.17) is 21.1 Å². The lowest BCUT2D eigenvalue weighted by molar-refractivity contribution is -0.156. The molecule has 1 unspecified atom stereocenters. The van der Waals surface area contributed by atoms with Gasteiger partial charge in [-0.25, -0.2) is 9.78 Å². The zero-order valence-corrected chi connectivity index (χ0v) is 23.6. The average molecular weight is 548 g/mol. The van der Waals surface area contributed by atoms with E-state index in [0.717, 1.165) is 16.6 Å². The van der Waals surface area contributed by atoms with Gasteiger partial charge in [0, 0.05) is 42.8 Å². The molecule has 2 heterocycles. The molecule has 12 heteroatoms. The van der Waals surface area contributed by atoms with Crippen LogP contribution >= 0.6 is 11.6 Å². The number of carbonyl (C=O) groups excluding carboxylic acids is 4. The molecule has 0 aliphatic carbocycles. The molecule has 1 atom stereocenters. The van der Waals surface area contributed by atoms with Crippen molar-refractivity contribution < 1.29 is 28.7 Å². The number of amides is 2. The van der Waals surface area contributed by atoms with Crippen LogP contribution < -0.4 is 4.90 Å². The van der Waals surface area contributed by atoms with E-state index >= 15 is 0 Å². The van der Waals surface area contributed by atoms with Crippen molar-refractivity contribution in [1.29, 1.82) is 0 Å². The molecule has 1 N–H and O–H groups in total. The van der Waals surface area contributed by atoms with Crippen LogP contribution in [-0.4, -0.2) is 71.0 Å². The Bertz CT molecular complexity index is 1310. The highest BCUT2D eigenvalue weighted by Gasteiger charge is 2.30. The molecule has 11 nitrogen and oxygen atoms in total. The van der Waals surface area contributed by atoms with Crippen molar-refractivity contribution in [2.45, 2.75) is 45.8 Å². The smallest absolute Gasteiger partial charge is 0.325 e. The Labute approximate surface area is 226 Å². The number of hydrogen-bond donors (Lipinski definition) is 1. The average Bonchev–Trinajstić information content (AvgIpc) is 3.40. The molecule has 0 saturated carbocycles. The van der Waals surface area contributed by atoms with Gasteiger partial charge in [0.05, 0.1) is 13.7 Å². The number of anilines is 1. The number of H-pyrrole nitrogens is 1. The van der Waals surface area contributed by atoms with Crippen molar-refractivity contribution in [1.82, 2.24) is 19.4 Å². The number of ether oxygens (including phenoxy) is 2. The molecule has 3 rings (SSSR count). The maximum absolute atomic E-state index is 13.2. The van der Waals surface area contributed by atoms with Gasteiger partial charge in [-0.05, 0) is 52.0 Å². The fraction of sp³-hybridized carbons (Fsp3) is 0.423. The van der Waals surface area contributed by atoms with Crippen LogP contribution in [0.5, 0.6) is 0 Å². The van der Waals surface area contributed by atoms with Crippen LogP contribution in [-0.2, 0) is 32.7 Å². The van der Waals surface area contributed by atoms with Gasteiger partial charge in [-0.2, -0.15) is 0 Å². The lowest BCUT2D eigenvalue weighted by atomic mass is 10.1. The Balaban J connectivity index is 0.00000118. The SMILES string of the molecule is CC(C(=O)OC(C)(C)C)c1nc(N(C)C(=O)N(C)Cc2cc3cc(Cl)ccc3[nH]2)c(C=O)n1C.COC=O. The predicted molar refractivity (Wildman–Crippen MR) is 145 cm³/mol. The molecule has 1 aromatic carbocycles. The highest BCUT2D eigenvalue weighted by atomic mass is 35.5. The van der Waals surface area contributed by atoms with Gasteiger partial charge < -0.3 is 23.9 Å². The van der Waals surface area contributed by atoms with Crippen LogP contribution in [0.25, 0.3) is 10.9 Å². The number of carbonyl (C=O) groups is 4. The number of fused-ring (bicyclic) bond motifs is 1. The van der Waals surface area contributed by atoms with Gasteiger partial charge in [0.1, 0.15) is 23.0 Å². The first-order valence-electron chi connectivity index (χ1n) is 11.7. The van der Waals surface area contributed by atoms with Crippen LogP contribution in [0.1, 0.15) is 55.6 Å². The molecule has 206 valence electrons. The van der Waals surface area contributed by atoms with E-state index in [1.54, 1.807) is 54.9 Å². The van der Waals surface area contributed by atoms with Crippen LogP contribution in [0, 0.1) is 0 Å². The second kappa shape index (κ2) is 12.6. The van der Waals surface area contributed by atoms with Crippen LogP contribution in [0.2, 0.25) is 5.02 Å². The Morgan fingerprint density at radius 2 is 1.84 bits per heavy atom. The minimum atomic E-state index is -0.726. The number of aromatic nitrogens is 3. The summed E-state index contributed by atoms with van der Waals surface area (Å²) in [6, 6.07) is 7.10. The number of benzene rings is 1. The van der Waals surface area contributed by atoms with Crippen molar-refractivity contribution in [3.05, 3.63) is 46.5 Å². The molecule has 3 aromatic rings. The lowest BCUT2D eigenvalue weighted by Crippen LogP contribution is -2.39. The lowest BCUT2D eigenvalue weighted by Gasteiger charge is -2.23. The van der Waals surface area contributed by atoms with E-state index in [9.17, 15) is 14.4 Å². The fourth-order valence-electron chi connectivity index (χ4n) is 3.69. The second-order valence-electron chi connectivity index (χ2n) is 9.67. The first kappa shape index (κ1) is 30.4. The number of rotatable bonds is 7. The van der Waals surface area contributed by atoms with Gasteiger partial charge in [0.25, 0.3) is 6.47 Å². The molecule has 38 heavy (non-hydrogen) atoms. The minimum absolute atomic E-state index is 0.170. The molecule has 0 spiro atoms. The maximum Gasteiger partial charge on any atom is 0.325 e. The van der Waals surface area contributed by atoms with Crippen LogP contribution in [0.15, 0.2) is 24.3 Å². The summed E-state index contributed by atoms with van der Waals surface area (Å²) in [6.45, 7) is 7.68. The Morgan fingerprint density at radius 1 is 1.21 bits per heavy atom. The van der Waals surface area contributed by atoms with Gasteiger partial charge in [-0.15, -0.1) is 0 Å². The normalized spacial score (nSPS) is 11.7. The summed E-state index contributed by atoms with van der Waals surface area (Å²) in [5, 5.41) is 1.58. The number of imidazole rings is 1. The van der Waals surface area contributed by atoms with Crippen molar-refractivity contribution in [3.63, 3.8) is 0 Å². The molecule has 2 aromatic heterocycles. The maximum atomic E-state index is 13.2. The third kappa shape index (κ3) is 7.34. The summed E-state index contributed by atoms with van der Waals surface area (Å²) in [7, 11) is 6.15. The van der Waals surface area contributed by atoms with Gasteiger partial charge in [0.15, 0.2) is 12.1 Å². The van der Waals surface area contributed by atoms with E-state index in [1.165, 1.54) is 21.5 Å². The number of halogens is 1. The third-order valence-electron chi connectivity index (χ3n) is 5.49. The predicted octanol–water partition coefficient (Wildman–Crippen LogP) is 4.29. The summed E-state index contributed by atoms with van der Waals surface area (Å²) in [4.78, 5) is 57.1. The fourth-order valence-corrected chi connectivity index (χ4v) is 3.87. The summed E-state index contributed by atoms with van der Waals surface area (Å²) < 4.78 is 10.8. The molecule has 0 aliphatic heterocycles.